The van der Waals surface area contributed by atoms with Crippen molar-refractivity contribution in [3.05, 3.63) is 23.5 Å². The molecule has 0 atom stereocenters. The van der Waals surface area contributed by atoms with Crippen LogP contribution in [0.25, 0.3) is 0 Å². The van der Waals surface area contributed by atoms with Crippen molar-refractivity contribution in [2.75, 3.05) is 6.61 Å². The summed E-state index contributed by atoms with van der Waals surface area (Å²) in [6, 6.07) is 2.00. The Morgan fingerprint density at radius 1 is 1.67 bits per heavy atom. The van der Waals surface area contributed by atoms with Crippen LogP contribution < -0.4 is 0 Å². The predicted octanol–water partition coefficient (Wildman–Crippen LogP) is 0.888. The molecule has 0 fully saturated rings. The molecular formula is C7H8NO. The standard InChI is InChI=1S/C7H8NO/c1-3-8-7-5-9-4-2-6(1)7/h1,8H,2,4-5H2. The molecule has 2 heterocycles. The molecule has 9 heavy (non-hydrogen) atoms. The minimum Gasteiger partial charge on any atom is -0.375 e. The monoisotopic (exact) mass is 122 g/mol. The lowest BCUT2D eigenvalue weighted by Gasteiger charge is -2.10. The molecule has 0 unspecified atom stereocenters. The third-order valence-electron chi connectivity index (χ3n) is 1.62. The maximum Gasteiger partial charge on any atom is 0.0868 e. The Hall–Kier alpha value is -0.760. The van der Waals surface area contributed by atoms with E-state index in [0.717, 1.165) is 19.6 Å². The number of nitrogens with one attached hydrogen (secondary N) is 1. The molecule has 0 amide bonds. The molecule has 2 rings (SSSR count). The zero-order chi connectivity index (χ0) is 6.10. The van der Waals surface area contributed by atoms with Crippen LogP contribution in [-0.2, 0) is 17.8 Å². The van der Waals surface area contributed by atoms with Gasteiger partial charge in [-0.3, -0.25) is 0 Å². The molecule has 1 aliphatic rings. The van der Waals surface area contributed by atoms with Crippen molar-refractivity contribution in [3.8, 4) is 0 Å². The molecule has 0 bridgehead atoms. The van der Waals surface area contributed by atoms with Gasteiger partial charge in [0.25, 0.3) is 0 Å². The second kappa shape index (κ2) is 1.88. The third kappa shape index (κ3) is 0.754. The van der Waals surface area contributed by atoms with Gasteiger partial charge in [0.05, 0.1) is 19.4 Å². The van der Waals surface area contributed by atoms with Crippen LogP contribution in [0.2, 0.25) is 0 Å². The van der Waals surface area contributed by atoms with Gasteiger partial charge >= 0.3 is 0 Å². The van der Waals surface area contributed by atoms with Gasteiger partial charge in [-0.25, -0.2) is 0 Å². The SMILES string of the molecule is [c]1cc2c([nH]1)COCC2. The first kappa shape index (κ1) is 5.06. The maximum atomic E-state index is 5.20. The van der Waals surface area contributed by atoms with Crippen molar-refractivity contribution < 1.29 is 4.74 Å². The Labute approximate surface area is 53.8 Å². The zero-order valence-electron chi connectivity index (χ0n) is 5.11. The summed E-state index contributed by atoms with van der Waals surface area (Å²) in [5.74, 6) is 0. The van der Waals surface area contributed by atoms with E-state index in [2.05, 4.69) is 11.2 Å². The highest BCUT2D eigenvalue weighted by Crippen LogP contribution is 2.12. The fraction of sp³-hybridized carbons (Fsp3) is 0.429. The molecule has 47 valence electrons. The third-order valence-corrected chi connectivity index (χ3v) is 1.62. The summed E-state index contributed by atoms with van der Waals surface area (Å²) in [6.45, 7) is 1.59. The number of H-pyrrole nitrogens is 1. The van der Waals surface area contributed by atoms with E-state index in [-0.39, 0.29) is 0 Å². The molecule has 1 radical (unpaired) electrons. The molecule has 1 aromatic heterocycles. The first-order chi connectivity index (χ1) is 4.47. The minimum absolute atomic E-state index is 0.735. The van der Waals surface area contributed by atoms with Crippen LogP contribution in [0, 0.1) is 6.20 Å². The summed E-state index contributed by atoms with van der Waals surface area (Å²) in [6.07, 6.45) is 3.97. The average Bonchev–Trinajstić information content (AvgIpc) is 2.33. The van der Waals surface area contributed by atoms with Gasteiger partial charge in [0.15, 0.2) is 0 Å². The fourth-order valence-electron chi connectivity index (χ4n) is 1.09. The predicted molar refractivity (Wildman–Crippen MR) is 33.0 cm³/mol. The van der Waals surface area contributed by atoms with E-state index >= 15 is 0 Å². The quantitative estimate of drug-likeness (QED) is 0.543. The topological polar surface area (TPSA) is 25.0 Å². The van der Waals surface area contributed by atoms with E-state index in [1.165, 1.54) is 11.3 Å². The summed E-state index contributed by atoms with van der Waals surface area (Å²) < 4.78 is 5.20. The molecule has 0 saturated carbocycles. The lowest BCUT2D eigenvalue weighted by Crippen LogP contribution is -2.07. The molecule has 0 aromatic carbocycles. The minimum atomic E-state index is 0.735. The second-order valence-electron chi connectivity index (χ2n) is 2.22. The van der Waals surface area contributed by atoms with Crippen molar-refractivity contribution in [2.45, 2.75) is 13.0 Å². The molecule has 0 spiro atoms. The molecule has 0 aliphatic carbocycles. The van der Waals surface area contributed by atoms with Crippen molar-refractivity contribution in [1.82, 2.24) is 4.98 Å². The number of hydrogen-bond donors (Lipinski definition) is 1. The lowest BCUT2D eigenvalue weighted by atomic mass is 10.1. The van der Waals surface area contributed by atoms with Crippen LogP contribution in [0.1, 0.15) is 11.3 Å². The van der Waals surface area contributed by atoms with E-state index < -0.39 is 0 Å². The molecule has 0 saturated heterocycles. The summed E-state index contributed by atoms with van der Waals surface area (Å²) in [5.41, 5.74) is 2.56. The first-order valence-corrected chi connectivity index (χ1v) is 3.11. The van der Waals surface area contributed by atoms with Gasteiger partial charge in [-0.2, -0.15) is 0 Å². The van der Waals surface area contributed by atoms with E-state index in [0.29, 0.717) is 0 Å². The second-order valence-corrected chi connectivity index (χ2v) is 2.22. The lowest BCUT2D eigenvalue weighted by molar-refractivity contribution is 0.108. The highest BCUT2D eigenvalue weighted by molar-refractivity contribution is 5.20. The van der Waals surface area contributed by atoms with Crippen molar-refractivity contribution in [2.24, 2.45) is 0 Å². The summed E-state index contributed by atoms with van der Waals surface area (Å²) in [5, 5.41) is 0. The Bertz CT molecular complexity index is 184. The Kier molecular flexibility index (Phi) is 1.06. The Morgan fingerprint density at radius 3 is 3.56 bits per heavy atom. The maximum absolute atomic E-state index is 5.20. The summed E-state index contributed by atoms with van der Waals surface area (Å²) in [7, 11) is 0. The molecule has 2 nitrogen and oxygen atoms in total. The van der Waals surface area contributed by atoms with Gasteiger partial charge in [0, 0.05) is 5.69 Å². The van der Waals surface area contributed by atoms with Crippen LogP contribution in [0.4, 0.5) is 0 Å². The van der Waals surface area contributed by atoms with Crippen molar-refractivity contribution >= 4 is 0 Å². The van der Waals surface area contributed by atoms with Crippen LogP contribution in [0.15, 0.2) is 6.07 Å². The largest absolute Gasteiger partial charge is 0.375 e. The molecule has 1 N–H and O–H groups in total. The molecular weight excluding hydrogens is 114 g/mol. The van der Waals surface area contributed by atoms with Crippen LogP contribution in [0.3, 0.4) is 0 Å². The van der Waals surface area contributed by atoms with Gasteiger partial charge in [-0.05, 0) is 18.1 Å². The van der Waals surface area contributed by atoms with E-state index in [9.17, 15) is 0 Å². The van der Waals surface area contributed by atoms with E-state index in [1.807, 2.05) is 6.07 Å². The Balaban J connectivity index is 2.39. The van der Waals surface area contributed by atoms with Gasteiger partial charge in [-0.1, -0.05) is 0 Å². The van der Waals surface area contributed by atoms with Gasteiger partial charge in [0.1, 0.15) is 0 Å². The highest BCUT2D eigenvalue weighted by atomic mass is 16.5. The smallest absolute Gasteiger partial charge is 0.0868 e. The fourth-order valence-corrected chi connectivity index (χ4v) is 1.09. The number of hydrogen-bond acceptors (Lipinski definition) is 1. The number of rotatable bonds is 0. The van der Waals surface area contributed by atoms with Crippen LogP contribution in [-0.4, -0.2) is 11.6 Å². The zero-order valence-corrected chi connectivity index (χ0v) is 5.11. The van der Waals surface area contributed by atoms with Gasteiger partial charge in [0.2, 0.25) is 0 Å². The van der Waals surface area contributed by atoms with Crippen molar-refractivity contribution in [3.63, 3.8) is 0 Å². The number of ether oxygens (including phenoxy) is 1. The molecule has 1 aromatic rings. The van der Waals surface area contributed by atoms with Gasteiger partial charge in [-0.15, -0.1) is 0 Å². The molecule has 1 aliphatic heterocycles. The number of fused-ring (bicyclic) bond motifs is 1. The highest BCUT2D eigenvalue weighted by Gasteiger charge is 2.08. The van der Waals surface area contributed by atoms with Crippen LogP contribution in [0.5, 0.6) is 0 Å². The number of aromatic nitrogens is 1. The number of aromatic amines is 1. The van der Waals surface area contributed by atoms with E-state index in [4.69, 9.17) is 4.74 Å². The van der Waals surface area contributed by atoms with Gasteiger partial charge < -0.3 is 9.72 Å². The summed E-state index contributed by atoms with van der Waals surface area (Å²) in [4.78, 5) is 3.01. The normalized spacial score (nSPS) is 17.3. The average molecular weight is 122 g/mol. The van der Waals surface area contributed by atoms with E-state index in [1.54, 1.807) is 0 Å². The Morgan fingerprint density at radius 2 is 2.67 bits per heavy atom. The molecule has 2 heteroatoms. The first-order valence-electron chi connectivity index (χ1n) is 3.11. The van der Waals surface area contributed by atoms with Crippen LogP contribution >= 0.6 is 0 Å². The van der Waals surface area contributed by atoms with Crippen molar-refractivity contribution in [1.29, 1.82) is 0 Å². The summed E-state index contributed by atoms with van der Waals surface area (Å²) >= 11 is 0.